The first-order chi connectivity index (χ1) is 8.43. The Labute approximate surface area is 100 Å². The Morgan fingerprint density at radius 2 is 2.12 bits per heavy atom. The van der Waals surface area contributed by atoms with Gasteiger partial charge < -0.3 is 4.74 Å². The van der Waals surface area contributed by atoms with Crippen LogP contribution in [0.1, 0.15) is 30.1 Å². The molecule has 3 nitrogen and oxygen atoms in total. The van der Waals surface area contributed by atoms with Gasteiger partial charge in [-0.15, -0.1) is 0 Å². The Bertz CT molecular complexity index is 499. The third-order valence-corrected chi connectivity index (χ3v) is 3.12. The molecule has 0 radical (unpaired) electrons. The normalized spacial score (nSPS) is 18.5. The van der Waals surface area contributed by atoms with Gasteiger partial charge in [0.2, 0.25) is 5.88 Å². The molecule has 1 aliphatic carbocycles. The van der Waals surface area contributed by atoms with Gasteiger partial charge in [0.1, 0.15) is 6.10 Å². The van der Waals surface area contributed by atoms with Crippen molar-refractivity contribution in [2.75, 3.05) is 0 Å². The first kappa shape index (κ1) is 10.3. The fourth-order valence-electron chi connectivity index (χ4n) is 2.32. The quantitative estimate of drug-likeness (QED) is 0.789. The predicted octanol–water partition coefficient (Wildman–Crippen LogP) is 2.93. The van der Waals surface area contributed by atoms with Crippen molar-refractivity contribution in [3.8, 4) is 5.88 Å². The summed E-state index contributed by atoms with van der Waals surface area (Å²) in [5.41, 5.74) is 2.69. The lowest BCUT2D eigenvalue weighted by Crippen LogP contribution is -2.15. The molecule has 1 aromatic heterocycles. The molecule has 1 heterocycles. The van der Waals surface area contributed by atoms with Gasteiger partial charge in [0, 0.05) is 12.4 Å². The van der Waals surface area contributed by atoms with Crippen LogP contribution in [0.3, 0.4) is 0 Å². The number of rotatable bonds is 2. The summed E-state index contributed by atoms with van der Waals surface area (Å²) in [7, 11) is 0. The lowest BCUT2D eigenvalue weighted by Gasteiger charge is -2.25. The summed E-state index contributed by atoms with van der Waals surface area (Å²) in [5, 5.41) is 0. The molecule has 86 valence electrons. The zero-order chi connectivity index (χ0) is 11.5. The lowest BCUT2D eigenvalue weighted by molar-refractivity contribution is 0.175. The van der Waals surface area contributed by atoms with Crippen LogP contribution in [0.15, 0.2) is 42.9 Å². The van der Waals surface area contributed by atoms with Crippen LogP contribution in [0.25, 0.3) is 0 Å². The monoisotopic (exact) mass is 226 g/mol. The van der Waals surface area contributed by atoms with Crippen LogP contribution in [0.5, 0.6) is 5.88 Å². The molecule has 17 heavy (non-hydrogen) atoms. The molecule has 0 amide bonds. The largest absolute Gasteiger partial charge is 0.468 e. The third kappa shape index (κ3) is 2.13. The average Bonchev–Trinajstić information content (AvgIpc) is 2.40. The highest BCUT2D eigenvalue weighted by molar-refractivity contribution is 5.31. The van der Waals surface area contributed by atoms with Crippen LogP contribution in [0.2, 0.25) is 0 Å². The first-order valence-electron chi connectivity index (χ1n) is 5.94. The molecule has 0 spiro atoms. The van der Waals surface area contributed by atoms with Gasteiger partial charge >= 0.3 is 0 Å². The van der Waals surface area contributed by atoms with E-state index in [0.717, 1.165) is 12.8 Å². The second-order valence-electron chi connectivity index (χ2n) is 4.24. The molecule has 2 aromatic rings. The lowest BCUT2D eigenvalue weighted by atomic mass is 9.89. The number of hydrogen-bond acceptors (Lipinski definition) is 3. The van der Waals surface area contributed by atoms with Crippen LogP contribution >= 0.6 is 0 Å². The molecule has 0 fully saturated rings. The van der Waals surface area contributed by atoms with E-state index >= 15 is 0 Å². The summed E-state index contributed by atoms with van der Waals surface area (Å²) in [5.74, 6) is 0.606. The van der Waals surface area contributed by atoms with E-state index in [1.807, 2.05) is 0 Å². The van der Waals surface area contributed by atoms with Crippen molar-refractivity contribution >= 4 is 0 Å². The fraction of sp³-hybridized carbons (Fsp3) is 0.286. The molecule has 0 saturated carbocycles. The van der Waals surface area contributed by atoms with E-state index < -0.39 is 0 Å². The zero-order valence-electron chi connectivity index (χ0n) is 9.54. The van der Waals surface area contributed by atoms with Crippen molar-refractivity contribution in [1.82, 2.24) is 9.97 Å². The number of fused-ring (bicyclic) bond motifs is 1. The van der Waals surface area contributed by atoms with E-state index in [-0.39, 0.29) is 6.10 Å². The number of aromatic nitrogens is 2. The van der Waals surface area contributed by atoms with Crippen molar-refractivity contribution < 1.29 is 4.74 Å². The standard InChI is InChI=1S/C14H14N2O/c1-2-6-12-11(4-1)5-3-7-13(12)17-14-10-15-8-9-16-14/h1-2,4,6,8-10,13H,3,5,7H2. The van der Waals surface area contributed by atoms with Gasteiger partial charge in [0.15, 0.2) is 0 Å². The molecule has 0 aliphatic heterocycles. The summed E-state index contributed by atoms with van der Waals surface area (Å²) in [6.45, 7) is 0. The molecule has 1 atom stereocenters. The number of ether oxygens (including phenoxy) is 1. The highest BCUT2D eigenvalue weighted by Gasteiger charge is 2.21. The van der Waals surface area contributed by atoms with Gasteiger partial charge in [-0.2, -0.15) is 0 Å². The Morgan fingerprint density at radius 1 is 1.18 bits per heavy atom. The van der Waals surface area contributed by atoms with Gasteiger partial charge in [0.05, 0.1) is 6.20 Å². The van der Waals surface area contributed by atoms with E-state index in [1.54, 1.807) is 18.6 Å². The Hall–Kier alpha value is -1.90. The fourth-order valence-corrected chi connectivity index (χ4v) is 2.32. The molecule has 1 unspecified atom stereocenters. The Balaban J connectivity index is 1.86. The summed E-state index contributed by atoms with van der Waals surface area (Å²) in [6.07, 6.45) is 8.46. The summed E-state index contributed by atoms with van der Waals surface area (Å²) in [4.78, 5) is 8.18. The van der Waals surface area contributed by atoms with E-state index in [9.17, 15) is 0 Å². The minimum atomic E-state index is 0.122. The van der Waals surface area contributed by atoms with Crippen molar-refractivity contribution in [2.24, 2.45) is 0 Å². The number of benzene rings is 1. The van der Waals surface area contributed by atoms with Crippen molar-refractivity contribution in [3.63, 3.8) is 0 Å². The average molecular weight is 226 g/mol. The molecular formula is C14H14N2O. The SMILES string of the molecule is c1ccc2c(c1)CCCC2Oc1cnccn1. The van der Waals surface area contributed by atoms with Crippen LogP contribution in [-0.2, 0) is 6.42 Å². The maximum Gasteiger partial charge on any atom is 0.232 e. The van der Waals surface area contributed by atoms with Crippen molar-refractivity contribution in [3.05, 3.63) is 54.0 Å². The summed E-state index contributed by atoms with van der Waals surface area (Å²) >= 11 is 0. The number of aryl methyl sites for hydroxylation is 1. The first-order valence-corrected chi connectivity index (χ1v) is 5.94. The molecular weight excluding hydrogens is 212 g/mol. The molecule has 0 saturated heterocycles. The maximum absolute atomic E-state index is 5.91. The smallest absolute Gasteiger partial charge is 0.232 e. The van der Waals surface area contributed by atoms with Gasteiger partial charge in [-0.25, -0.2) is 4.98 Å². The molecule has 0 N–H and O–H groups in total. The maximum atomic E-state index is 5.91. The third-order valence-electron chi connectivity index (χ3n) is 3.12. The Kier molecular flexibility index (Phi) is 2.74. The minimum absolute atomic E-state index is 0.122. The molecule has 1 aliphatic rings. The molecule has 0 bridgehead atoms. The zero-order valence-corrected chi connectivity index (χ0v) is 9.54. The van der Waals surface area contributed by atoms with E-state index in [4.69, 9.17) is 4.74 Å². The van der Waals surface area contributed by atoms with Crippen LogP contribution in [0.4, 0.5) is 0 Å². The van der Waals surface area contributed by atoms with E-state index in [1.165, 1.54) is 17.5 Å². The Morgan fingerprint density at radius 3 is 3.00 bits per heavy atom. The summed E-state index contributed by atoms with van der Waals surface area (Å²) in [6, 6.07) is 8.48. The topological polar surface area (TPSA) is 35.0 Å². The van der Waals surface area contributed by atoms with Crippen LogP contribution in [-0.4, -0.2) is 9.97 Å². The highest BCUT2D eigenvalue weighted by Crippen LogP contribution is 2.32. The van der Waals surface area contributed by atoms with Crippen molar-refractivity contribution in [2.45, 2.75) is 25.4 Å². The molecule has 3 rings (SSSR count). The van der Waals surface area contributed by atoms with Crippen molar-refractivity contribution in [1.29, 1.82) is 0 Å². The highest BCUT2D eigenvalue weighted by atomic mass is 16.5. The number of nitrogens with zero attached hydrogens (tertiary/aromatic N) is 2. The number of hydrogen-bond donors (Lipinski definition) is 0. The minimum Gasteiger partial charge on any atom is -0.468 e. The second-order valence-corrected chi connectivity index (χ2v) is 4.24. The van der Waals surface area contributed by atoms with Gasteiger partial charge in [-0.3, -0.25) is 4.98 Å². The van der Waals surface area contributed by atoms with E-state index in [0.29, 0.717) is 5.88 Å². The van der Waals surface area contributed by atoms with Crippen LogP contribution < -0.4 is 4.74 Å². The van der Waals surface area contributed by atoms with E-state index in [2.05, 4.69) is 34.2 Å². The summed E-state index contributed by atoms with van der Waals surface area (Å²) < 4.78 is 5.91. The predicted molar refractivity (Wildman–Crippen MR) is 64.8 cm³/mol. The van der Waals surface area contributed by atoms with Gasteiger partial charge in [-0.1, -0.05) is 24.3 Å². The van der Waals surface area contributed by atoms with Gasteiger partial charge in [0.25, 0.3) is 0 Å². The molecule has 1 aromatic carbocycles. The molecule has 3 heteroatoms. The van der Waals surface area contributed by atoms with Gasteiger partial charge in [-0.05, 0) is 30.4 Å². The second kappa shape index (κ2) is 4.53. The van der Waals surface area contributed by atoms with Crippen LogP contribution in [0, 0.1) is 0 Å².